The lowest BCUT2D eigenvalue weighted by Crippen LogP contribution is -2.13. The van der Waals surface area contributed by atoms with Crippen molar-refractivity contribution in [1.82, 2.24) is 4.98 Å². The normalized spacial score (nSPS) is 12.2. The first-order chi connectivity index (χ1) is 7.29. The third-order valence-corrected chi connectivity index (χ3v) is 2.73. The van der Waals surface area contributed by atoms with Crippen molar-refractivity contribution in [2.75, 3.05) is 0 Å². The molecule has 0 aliphatic rings. The van der Waals surface area contributed by atoms with Crippen LogP contribution in [0.4, 0.5) is 22.0 Å². The summed E-state index contributed by atoms with van der Waals surface area (Å²) in [4.78, 5) is 3.38. The summed E-state index contributed by atoms with van der Waals surface area (Å²) in [5.74, 6) is 0. The minimum Gasteiger partial charge on any atom is -0.325 e. The van der Waals surface area contributed by atoms with Crippen molar-refractivity contribution in [2.45, 2.75) is 19.1 Å². The summed E-state index contributed by atoms with van der Waals surface area (Å²) in [5.41, 5.74) is 2.55. The Morgan fingerprint density at radius 2 is 1.94 bits per heavy atom. The zero-order chi connectivity index (χ0) is 12.5. The zero-order valence-corrected chi connectivity index (χ0v) is 9.24. The van der Waals surface area contributed by atoms with Crippen molar-refractivity contribution in [2.24, 2.45) is 5.73 Å². The fourth-order valence-electron chi connectivity index (χ4n) is 1.12. The van der Waals surface area contributed by atoms with Gasteiger partial charge in [0.15, 0.2) is 0 Å². The molecule has 0 atom stereocenters. The maximum absolute atomic E-state index is 12.5. The standard InChI is InChI=1S/C8H6BrF5N2/c9-6-4(1-15)16-2-3(8(12,13)14)5(6)7(10)11/h2,7H,1,15H2. The van der Waals surface area contributed by atoms with Crippen LogP contribution in [0.25, 0.3) is 0 Å². The van der Waals surface area contributed by atoms with E-state index in [1.807, 2.05) is 0 Å². The predicted octanol–water partition coefficient (Wildman–Crippen LogP) is 3.26. The van der Waals surface area contributed by atoms with Gasteiger partial charge in [-0.1, -0.05) is 0 Å². The molecule has 8 heteroatoms. The van der Waals surface area contributed by atoms with Gasteiger partial charge in [0.25, 0.3) is 6.43 Å². The zero-order valence-electron chi connectivity index (χ0n) is 7.65. The molecule has 1 aromatic rings. The van der Waals surface area contributed by atoms with Gasteiger partial charge in [-0.05, 0) is 15.9 Å². The van der Waals surface area contributed by atoms with Crippen LogP contribution in [-0.2, 0) is 12.7 Å². The molecule has 0 aliphatic carbocycles. The smallest absolute Gasteiger partial charge is 0.325 e. The summed E-state index contributed by atoms with van der Waals surface area (Å²) in [5, 5.41) is 0. The first kappa shape index (κ1) is 13.3. The summed E-state index contributed by atoms with van der Waals surface area (Å²) in [6.07, 6.45) is -7.75. The maximum atomic E-state index is 12.5. The number of hydrogen-bond donors (Lipinski definition) is 1. The van der Waals surface area contributed by atoms with Gasteiger partial charge in [-0.2, -0.15) is 13.2 Å². The van der Waals surface area contributed by atoms with Crippen molar-refractivity contribution >= 4 is 15.9 Å². The number of aromatic nitrogens is 1. The second kappa shape index (κ2) is 4.62. The fraction of sp³-hybridized carbons (Fsp3) is 0.375. The topological polar surface area (TPSA) is 38.9 Å². The van der Waals surface area contributed by atoms with Gasteiger partial charge >= 0.3 is 6.18 Å². The van der Waals surface area contributed by atoms with Gasteiger partial charge in [0.05, 0.1) is 11.3 Å². The van der Waals surface area contributed by atoms with Crippen LogP contribution in [-0.4, -0.2) is 4.98 Å². The number of alkyl halides is 5. The molecule has 0 saturated carbocycles. The Bertz CT molecular complexity index is 391. The second-order valence-corrected chi connectivity index (χ2v) is 3.64. The number of nitrogens with zero attached hydrogens (tertiary/aromatic N) is 1. The molecule has 1 heterocycles. The van der Waals surface area contributed by atoms with Gasteiger partial charge in [0, 0.05) is 22.8 Å². The van der Waals surface area contributed by atoms with Crippen molar-refractivity contribution in [3.05, 3.63) is 27.5 Å². The molecular weight excluding hydrogens is 299 g/mol. The molecule has 90 valence electrons. The van der Waals surface area contributed by atoms with Crippen LogP contribution in [0, 0.1) is 0 Å². The Morgan fingerprint density at radius 1 is 1.38 bits per heavy atom. The molecule has 0 spiro atoms. The monoisotopic (exact) mass is 304 g/mol. The van der Waals surface area contributed by atoms with Crippen LogP contribution in [0.3, 0.4) is 0 Å². The summed E-state index contributed by atoms with van der Waals surface area (Å²) in [6.45, 7) is -0.224. The van der Waals surface area contributed by atoms with Gasteiger partial charge in [0.1, 0.15) is 0 Å². The third-order valence-electron chi connectivity index (χ3n) is 1.85. The van der Waals surface area contributed by atoms with Crippen molar-refractivity contribution < 1.29 is 22.0 Å². The molecule has 1 aromatic heterocycles. The van der Waals surface area contributed by atoms with E-state index in [4.69, 9.17) is 5.73 Å². The molecule has 16 heavy (non-hydrogen) atoms. The minimum absolute atomic E-state index is 0.0386. The molecular formula is C8H6BrF5N2. The van der Waals surface area contributed by atoms with Crippen LogP contribution in [0.1, 0.15) is 23.2 Å². The molecule has 0 aromatic carbocycles. The van der Waals surface area contributed by atoms with Crippen molar-refractivity contribution in [3.63, 3.8) is 0 Å². The largest absolute Gasteiger partial charge is 0.418 e. The molecule has 0 unspecified atom stereocenters. The highest BCUT2D eigenvalue weighted by Crippen LogP contribution is 2.40. The van der Waals surface area contributed by atoms with Gasteiger partial charge < -0.3 is 5.73 Å². The number of pyridine rings is 1. The fourth-order valence-corrected chi connectivity index (χ4v) is 1.77. The van der Waals surface area contributed by atoms with E-state index in [0.29, 0.717) is 6.20 Å². The van der Waals surface area contributed by atoms with E-state index in [0.717, 1.165) is 0 Å². The van der Waals surface area contributed by atoms with Crippen LogP contribution >= 0.6 is 15.9 Å². The highest BCUT2D eigenvalue weighted by Gasteiger charge is 2.38. The van der Waals surface area contributed by atoms with E-state index in [9.17, 15) is 22.0 Å². The van der Waals surface area contributed by atoms with E-state index in [1.54, 1.807) is 0 Å². The molecule has 0 saturated heterocycles. The number of rotatable bonds is 2. The van der Waals surface area contributed by atoms with Crippen LogP contribution < -0.4 is 5.73 Å². The maximum Gasteiger partial charge on any atom is 0.418 e. The second-order valence-electron chi connectivity index (χ2n) is 2.85. The Morgan fingerprint density at radius 3 is 2.31 bits per heavy atom. The Hall–Kier alpha value is -0.760. The minimum atomic E-state index is -4.87. The van der Waals surface area contributed by atoms with Gasteiger partial charge in [0.2, 0.25) is 0 Å². The third kappa shape index (κ3) is 2.49. The molecule has 0 radical (unpaired) electrons. The van der Waals surface area contributed by atoms with E-state index in [1.165, 1.54) is 0 Å². The highest BCUT2D eigenvalue weighted by atomic mass is 79.9. The highest BCUT2D eigenvalue weighted by molar-refractivity contribution is 9.10. The molecule has 1 rings (SSSR count). The molecule has 2 N–H and O–H groups in total. The van der Waals surface area contributed by atoms with Crippen molar-refractivity contribution in [3.8, 4) is 0 Å². The Kier molecular flexibility index (Phi) is 3.84. The lowest BCUT2D eigenvalue weighted by atomic mass is 10.1. The summed E-state index contributed by atoms with van der Waals surface area (Å²) in [7, 11) is 0. The summed E-state index contributed by atoms with van der Waals surface area (Å²) in [6, 6.07) is 0. The molecule has 0 bridgehead atoms. The lowest BCUT2D eigenvalue weighted by Gasteiger charge is -2.15. The number of halogens is 6. The summed E-state index contributed by atoms with van der Waals surface area (Å²) < 4.78 is 61.9. The predicted molar refractivity (Wildman–Crippen MR) is 49.8 cm³/mol. The molecule has 0 amide bonds. The van der Waals surface area contributed by atoms with E-state index in [2.05, 4.69) is 20.9 Å². The number of nitrogens with two attached hydrogens (primary N) is 1. The van der Waals surface area contributed by atoms with Gasteiger partial charge in [-0.25, -0.2) is 8.78 Å². The van der Waals surface area contributed by atoms with Gasteiger partial charge in [-0.15, -0.1) is 0 Å². The van der Waals surface area contributed by atoms with E-state index in [-0.39, 0.29) is 16.7 Å². The average molecular weight is 305 g/mol. The summed E-state index contributed by atoms with van der Waals surface area (Å²) >= 11 is 2.66. The lowest BCUT2D eigenvalue weighted by molar-refractivity contribution is -0.139. The number of hydrogen-bond acceptors (Lipinski definition) is 2. The molecule has 2 nitrogen and oxygen atoms in total. The van der Waals surface area contributed by atoms with Crippen molar-refractivity contribution in [1.29, 1.82) is 0 Å². The quantitative estimate of drug-likeness (QED) is 0.852. The van der Waals surface area contributed by atoms with E-state index >= 15 is 0 Å². The Balaban J connectivity index is 3.47. The van der Waals surface area contributed by atoms with E-state index < -0.39 is 23.7 Å². The van der Waals surface area contributed by atoms with Crippen LogP contribution in [0.5, 0.6) is 0 Å². The van der Waals surface area contributed by atoms with Crippen LogP contribution in [0.2, 0.25) is 0 Å². The SMILES string of the molecule is NCc1ncc(C(F)(F)F)c(C(F)F)c1Br. The van der Waals surface area contributed by atoms with Crippen LogP contribution in [0.15, 0.2) is 10.7 Å². The first-order valence-electron chi connectivity index (χ1n) is 4.01. The van der Waals surface area contributed by atoms with Gasteiger partial charge in [-0.3, -0.25) is 4.98 Å². The molecule has 0 aliphatic heterocycles. The first-order valence-corrected chi connectivity index (χ1v) is 4.81. The molecule has 0 fully saturated rings. The Labute approximate surface area is 95.8 Å². The average Bonchev–Trinajstić information content (AvgIpc) is 2.15.